The summed E-state index contributed by atoms with van der Waals surface area (Å²) in [6.45, 7) is 1.01. The largest absolute Gasteiger partial charge is 0.465 e. The highest BCUT2D eigenvalue weighted by atomic mass is 35.5. The Bertz CT molecular complexity index is 610. The molecular formula is C16H22ClN3O4. The number of halogens is 1. The minimum atomic E-state index is -0.875. The van der Waals surface area contributed by atoms with E-state index in [-0.39, 0.29) is 18.3 Å². The topological polar surface area (TPSA) is 104 Å². The van der Waals surface area contributed by atoms with Gasteiger partial charge in [-0.2, -0.15) is 0 Å². The normalized spacial score (nSPS) is 20.4. The average molecular weight is 356 g/mol. The second-order valence-corrected chi connectivity index (χ2v) is 6.23. The maximum absolute atomic E-state index is 12.6. The van der Waals surface area contributed by atoms with Crippen molar-refractivity contribution in [2.75, 3.05) is 20.3 Å². The third-order valence-corrected chi connectivity index (χ3v) is 4.61. The molecule has 1 saturated carbocycles. The lowest BCUT2D eigenvalue weighted by Crippen LogP contribution is -2.58. The van der Waals surface area contributed by atoms with E-state index in [1.54, 1.807) is 12.1 Å². The van der Waals surface area contributed by atoms with Gasteiger partial charge in [0, 0.05) is 19.4 Å². The Labute approximate surface area is 146 Å². The molecule has 8 heteroatoms. The van der Waals surface area contributed by atoms with Gasteiger partial charge in [0.1, 0.15) is 0 Å². The van der Waals surface area contributed by atoms with E-state index in [1.807, 2.05) is 0 Å². The van der Waals surface area contributed by atoms with Gasteiger partial charge >= 0.3 is 5.97 Å². The van der Waals surface area contributed by atoms with Crippen molar-refractivity contribution in [3.05, 3.63) is 29.6 Å². The third kappa shape index (κ3) is 3.53. The molecule has 1 aromatic heterocycles. The summed E-state index contributed by atoms with van der Waals surface area (Å²) in [5.41, 5.74) is 6.02. The van der Waals surface area contributed by atoms with Gasteiger partial charge < -0.3 is 20.5 Å². The van der Waals surface area contributed by atoms with Crippen LogP contribution in [-0.2, 0) is 19.8 Å². The summed E-state index contributed by atoms with van der Waals surface area (Å²) in [6.07, 6.45) is 4.14. The summed E-state index contributed by atoms with van der Waals surface area (Å²) < 4.78 is 9.93. The molecule has 3 rings (SSSR count). The summed E-state index contributed by atoms with van der Waals surface area (Å²) in [7, 11) is 1.33. The Kier molecular flexibility index (Phi) is 5.47. The molecule has 0 unspecified atom stereocenters. The molecule has 1 saturated heterocycles. The molecule has 0 spiro atoms. The fourth-order valence-corrected chi connectivity index (χ4v) is 2.79. The number of amides is 1. The SMILES string of the molecule is COC(=O)c1ccc(C2(NC(=O)C3(N)CCOCC3)CC2)nc1.Cl. The van der Waals surface area contributed by atoms with Crippen molar-refractivity contribution < 1.29 is 19.1 Å². The smallest absolute Gasteiger partial charge is 0.339 e. The maximum Gasteiger partial charge on any atom is 0.339 e. The van der Waals surface area contributed by atoms with Crippen LogP contribution < -0.4 is 11.1 Å². The predicted octanol–water partition coefficient (Wildman–Crippen LogP) is 0.903. The predicted molar refractivity (Wildman–Crippen MR) is 88.9 cm³/mol. The Morgan fingerprint density at radius 3 is 2.42 bits per heavy atom. The van der Waals surface area contributed by atoms with E-state index in [4.69, 9.17) is 10.5 Å². The number of ether oxygens (including phenoxy) is 2. The zero-order valence-electron chi connectivity index (χ0n) is 13.5. The number of aromatic nitrogens is 1. The lowest BCUT2D eigenvalue weighted by Gasteiger charge is -2.33. The number of carbonyl (C=O) groups is 2. The van der Waals surface area contributed by atoms with Gasteiger partial charge in [0.15, 0.2) is 0 Å². The quantitative estimate of drug-likeness (QED) is 0.778. The van der Waals surface area contributed by atoms with Crippen LogP contribution in [-0.4, -0.2) is 42.7 Å². The molecule has 2 aliphatic rings. The molecule has 1 aliphatic heterocycles. The minimum absolute atomic E-state index is 0. The fourth-order valence-electron chi connectivity index (χ4n) is 2.79. The maximum atomic E-state index is 12.6. The summed E-state index contributed by atoms with van der Waals surface area (Å²) >= 11 is 0. The molecule has 2 heterocycles. The number of esters is 1. The molecule has 0 bridgehead atoms. The van der Waals surface area contributed by atoms with Crippen LogP contribution in [0.1, 0.15) is 41.7 Å². The van der Waals surface area contributed by atoms with Crippen LogP contribution in [0.25, 0.3) is 0 Å². The number of hydrogen-bond donors (Lipinski definition) is 2. The lowest BCUT2D eigenvalue weighted by atomic mass is 9.89. The van der Waals surface area contributed by atoms with Gasteiger partial charge in [0.2, 0.25) is 5.91 Å². The summed E-state index contributed by atoms with van der Waals surface area (Å²) in [4.78, 5) is 28.4. The van der Waals surface area contributed by atoms with E-state index in [0.29, 0.717) is 31.6 Å². The Morgan fingerprint density at radius 2 is 1.92 bits per heavy atom. The average Bonchev–Trinajstić information content (AvgIpc) is 3.35. The number of carbonyl (C=O) groups excluding carboxylic acids is 2. The number of nitrogens with two attached hydrogens (primary N) is 1. The zero-order valence-corrected chi connectivity index (χ0v) is 14.4. The monoisotopic (exact) mass is 355 g/mol. The van der Waals surface area contributed by atoms with Gasteiger partial charge in [-0.15, -0.1) is 12.4 Å². The number of nitrogens with zero attached hydrogens (tertiary/aromatic N) is 1. The number of pyridine rings is 1. The molecule has 7 nitrogen and oxygen atoms in total. The van der Waals surface area contributed by atoms with E-state index >= 15 is 0 Å². The van der Waals surface area contributed by atoms with Gasteiger partial charge in [-0.25, -0.2) is 4.79 Å². The Balaban J connectivity index is 0.00000208. The molecule has 1 amide bonds. The fraction of sp³-hybridized carbons (Fsp3) is 0.562. The molecule has 0 aromatic carbocycles. The Hall–Kier alpha value is -1.70. The van der Waals surface area contributed by atoms with Crippen LogP contribution in [0.3, 0.4) is 0 Å². The Morgan fingerprint density at radius 1 is 1.25 bits per heavy atom. The highest BCUT2D eigenvalue weighted by Crippen LogP contribution is 2.45. The third-order valence-electron chi connectivity index (χ3n) is 4.61. The minimum Gasteiger partial charge on any atom is -0.465 e. The van der Waals surface area contributed by atoms with Crippen LogP contribution >= 0.6 is 12.4 Å². The van der Waals surface area contributed by atoms with Crippen molar-refractivity contribution in [3.8, 4) is 0 Å². The second kappa shape index (κ2) is 7.04. The van der Waals surface area contributed by atoms with Crippen molar-refractivity contribution in [2.24, 2.45) is 5.73 Å². The standard InChI is InChI=1S/C16H21N3O4.ClH/c1-22-13(20)11-2-3-12(18-10-11)16(4-5-16)19-14(21)15(17)6-8-23-9-7-15;/h2-3,10H,4-9,17H2,1H3,(H,19,21);1H. The number of methoxy groups -OCH3 is 1. The zero-order chi connectivity index (χ0) is 16.5. The van der Waals surface area contributed by atoms with Crippen molar-refractivity contribution in [2.45, 2.75) is 36.8 Å². The summed E-state index contributed by atoms with van der Waals surface area (Å²) in [5.74, 6) is -0.585. The van der Waals surface area contributed by atoms with Crippen LogP contribution in [0.15, 0.2) is 18.3 Å². The first-order chi connectivity index (χ1) is 11.0. The molecule has 132 valence electrons. The van der Waals surface area contributed by atoms with Gasteiger partial charge in [-0.3, -0.25) is 9.78 Å². The van der Waals surface area contributed by atoms with Gasteiger partial charge in [-0.1, -0.05) is 0 Å². The van der Waals surface area contributed by atoms with Crippen LogP contribution in [0, 0.1) is 0 Å². The molecule has 1 aromatic rings. The number of rotatable bonds is 4. The molecule has 24 heavy (non-hydrogen) atoms. The van der Waals surface area contributed by atoms with E-state index in [1.165, 1.54) is 13.3 Å². The first kappa shape index (κ1) is 18.6. The molecular weight excluding hydrogens is 334 g/mol. The molecule has 2 fully saturated rings. The van der Waals surface area contributed by atoms with E-state index in [9.17, 15) is 9.59 Å². The van der Waals surface area contributed by atoms with Crippen molar-refractivity contribution in [3.63, 3.8) is 0 Å². The molecule has 1 aliphatic carbocycles. The number of nitrogens with one attached hydrogen (secondary N) is 1. The summed E-state index contributed by atoms with van der Waals surface area (Å²) in [5, 5.41) is 3.06. The van der Waals surface area contributed by atoms with Gasteiger partial charge in [0.05, 0.1) is 29.4 Å². The molecule has 0 radical (unpaired) electrons. The second-order valence-electron chi connectivity index (χ2n) is 6.23. The van der Waals surface area contributed by atoms with Gasteiger partial charge in [-0.05, 0) is 37.8 Å². The summed E-state index contributed by atoms with van der Waals surface area (Å²) in [6, 6.07) is 3.42. The molecule has 3 N–H and O–H groups in total. The van der Waals surface area contributed by atoms with E-state index in [0.717, 1.165) is 18.5 Å². The van der Waals surface area contributed by atoms with Crippen molar-refractivity contribution in [1.29, 1.82) is 0 Å². The van der Waals surface area contributed by atoms with Crippen molar-refractivity contribution >= 4 is 24.3 Å². The van der Waals surface area contributed by atoms with Crippen molar-refractivity contribution in [1.82, 2.24) is 10.3 Å². The first-order valence-electron chi connectivity index (χ1n) is 7.73. The van der Waals surface area contributed by atoms with E-state index in [2.05, 4.69) is 15.0 Å². The lowest BCUT2D eigenvalue weighted by molar-refractivity contribution is -0.130. The van der Waals surface area contributed by atoms with Crippen LogP contribution in [0.4, 0.5) is 0 Å². The first-order valence-corrected chi connectivity index (χ1v) is 7.73. The van der Waals surface area contributed by atoms with E-state index < -0.39 is 17.0 Å². The molecule has 0 atom stereocenters. The highest BCUT2D eigenvalue weighted by Gasteiger charge is 2.50. The van der Waals surface area contributed by atoms with Gasteiger partial charge in [0.25, 0.3) is 0 Å². The van der Waals surface area contributed by atoms with Crippen LogP contribution in [0.5, 0.6) is 0 Å². The highest BCUT2D eigenvalue weighted by molar-refractivity contribution is 5.89. The number of hydrogen-bond acceptors (Lipinski definition) is 6. The van der Waals surface area contributed by atoms with Crippen LogP contribution in [0.2, 0.25) is 0 Å².